The highest BCUT2D eigenvalue weighted by molar-refractivity contribution is 6.31. The Balaban J connectivity index is 1.92. The number of amides is 2. The summed E-state index contributed by atoms with van der Waals surface area (Å²) >= 11 is 13.1. The van der Waals surface area contributed by atoms with Crippen molar-refractivity contribution in [2.24, 2.45) is 17.3 Å². The molecule has 1 aliphatic heterocycles. The fourth-order valence-electron chi connectivity index (χ4n) is 5.49. The minimum absolute atomic E-state index is 0.0129. The maximum atomic E-state index is 13.7. The Kier molecular flexibility index (Phi) is 16.4. The second kappa shape index (κ2) is 19.9. The van der Waals surface area contributed by atoms with E-state index in [1.807, 2.05) is 32.9 Å². The van der Waals surface area contributed by atoms with Gasteiger partial charge in [-0.15, -0.1) is 11.6 Å². The van der Waals surface area contributed by atoms with Crippen LogP contribution < -0.4 is 10.6 Å². The molecule has 0 radical (unpaired) electrons. The lowest BCUT2D eigenvalue weighted by Gasteiger charge is -2.32. The summed E-state index contributed by atoms with van der Waals surface area (Å²) in [6, 6.07) is 11.3. The van der Waals surface area contributed by atoms with Crippen molar-refractivity contribution in [3.63, 3.8) is 0 Å². The van der Waals surface area contributed by atoms with Gasteiger partial charge in [0.25, 0.3) is 0 Å². The summed E-state index contributed by atoms with van der Waals surface area (Å²) in [6.45, 7) is 12.1. The number of aliphatic hydroxyl groups is 1. The van der Waals surface area contributed by atoms with Crippen LogP contribution in [0.5, 0.6) is 0 Å². The first-order chi connectivity index (χ1) is 24.9. The third kappa shape index (κ3) is 13.2. The number of aryl methyl sites for hydroxylation is 1. The molecular weight excluding hydrogens is 723 g/mol. The van der Waals surface area contributed by atoms with Crippen molar-refractivity contribution in [1.82, 2.24) is 10.6 Å². The average molecular weight is 776 g/mol. The van der Waals surface area contributed by atoms with Gasteiger partial charge in [-0.2, -0.15) is 0 Å². The quantitative estimate of drug-likeness (QED) is 0.140. The van der Waals surface area contributed by atoms with Crippen molar-refractivity contribution in [3.8, 4) is 0 Å². The number of nitrogens with one attached hydrogen (secondary N) is 2. The predicted octanol–water partition coefficient (Wildman–Crippen LogP) is 6.08. The molecule has 0 spiro atoms. The number of hydrogen-bond acceptors (Lipinski definition) is 9. The number of aliphatic hydroxyl groups excluding tert-OH is 1. The lowest BCUT2D eigenvalue weighted by molar-refractivity contribution is -0.180. The van der Waals surface area contributed by atoms with Crippen LogP contribution in [0.3, 0.4) is 0 Å². The van der Waals surface area contributed by atoms with E-state index in [2.05, 4.69) is 10.6 Å². The number of benzene rings is 2. The van der Waals surface area contributed by atoms with Crippen molar-refractivity contribution >= 4 is 52.9 Å². The number of cyclic esters (lactones) is 2. The van der Waals surface area contributed by atoms with Gasteiger partial charge in [0.2, 0.25) is 11.8 Å². The van der Waals surface area contributed by atoms with E-state index in [-0.39, 0.29) is 50.7 Å². The Bertz CT molecular complexity index is 1630. The molecule has 13 heteroatoms. The third-order valence-electron chi connectivity index (χ3n) is 9.08. The first kappa shape index (κ1) is 43.5. The van der Waals surface area contributed by atoms with Crippen molar-refractivity contribution in [2.75, 3.05) is 6.54 Å². The number of halogens is 2. The fraction of sp³-hybridized carbons (Fsp3) is 0.525. The number of esters is 3. The molecule has 2 aromatic carbocycles. The topological polar surface area (TPSA) is 157 Å². The van der Waals surface area contributed by atoms with Gasteiger partial charge in [-0.3, -0.25) is 19.2 Å². The van der Waals surface area contributed by atoms with Gasteiger partial charge in [0, 0.05) is 36.7 Å². The van der Waals surface area contributed by atoms with Crippen LogP contribution in [0.15, 0.2) is 54.6 Å². The molecule has 6 unspecified atom stereocenters. The van der Waals surface area contributed by atoms with Gasteiger partial charge in [0.1, 0.15) is 18.8 Å². The normalized spacial score (nSPS) is 22.4. The largest absolute Gasteiger partial charge is 0.461 e. The van der Waals surface area contributed by atoms with Gasteiger partial charge in [0.15, 0.2) is 6.10 Å². The van der Waals surface area contributed by atoms with Crippen LogP contribution >= 0.6 is 23.2 Å². The van der Waals surface area contributed by atoms with Crippen molar-refractivity contribution in [1.29, 1.82) is 0 Å². The summed E-state index contributed by atoms with van der Waals surface area (Å²) in [7, 11) is 0. The van der Waals surface area contributed by atoms with Gasteiger partial charge in [-0.05, 0) is 67.5 Å². The smallest absolute Gasteiger partial charge is 0.347 e. The lowest BCUT2D eigenvalue weighted by Crippen LogP contribution is -2.51. The number of alkyl halides is 1. The highest BCUT2D eigenvalue weighted by Gasteiger charge is 2.38. The van der Waals surface area contributed by atoms with E-state index in [1.165, 1.54) is 12.2 Å². The minimum atomic E-state index is -1.27. The number of hydrogen-bond donors (Lipinski definition) is 3. The van der Waals surface area contributed by atoms with E-state index >= 15 is 0 Å². The van der Waals surface area contributed by atoms with E-state index in [0.717, 1.165) is 16.7 Å². The van der Waals surface area contributed by atoms with Crippen LogP contribution in [0.25, 0.3) is 0 Å². The molecule has 3 rings (SSSR count). The Morgan fingerprint density at radius 2 is 1.70 bits per heavy atom. The molecule has 2 aromatic rings. The van der Waals surface area contributed by atoms with Gasteiger partial charge < -0.3 is 30.0 Å². The second-order valence-electron chi connectivity index (χ2n) is 14.6. The van der Waals surface area contributed by atoms with E-state index in [4.69, 9.17) is 37.4 Å². The third-order valence-corrected chi connectivity index (χ3v) is 10.00. The molecule has 0 aliphatic carbocycles. The van der Waals surface area contributed by atoms with Crippen LogP contribution in [-0.2, 0) is 51.2 Å². The van der Waals surface area contributed by atoms with E-state index < -0.39 is 64.8 Å². The zero-order chi connectivity index (χ0) is 39.5. The molecule has 0 bridgehead atoms. The molecule has 1 aliphatic rings. The number of rotatable bonds is 11. The summed E-state index contributed by atoms with van der Waals surface area (Å²) in [4.78, 5) is 65.4. The highest BCUT2D eigenvalue weighted by atomic mass is 35.5. The lowest BCUT2D eigenvalue weighted by atomic mass is 9.90. The Hall–Kier alpha value is -3.93. The van der Waals surface area contributed by atoms with E-state index in [1.54, 1.807) is 58.0 Å². The molecule has 11 nitrogen and oxygen atoms in total. The molecule has 0 saturated heterocycles. The summed E-state index contributed by atoms with van der Waals surface area (Å²) in [5, 5.41) is 16.6. The van der Waals surface area contributed by atoms with Crippen molar-refractivity contribution < 1.29 is 43.3 Å². The van der Waals surface area contributed by atoms with Crippen LogP contribution in [0.4, 0.5) is 0 Å². The van der Waals surface area contributed by atoms with Gasteiger partial charge >= 0.3 is 17.9 Å². The van der Waals surface area contributed by atoms with E-state index in [9.17, 15) is 29.1 Å². The number of carbonyl (C=O) groups is 5. The molecule has 53 heavy (non-hydrogen) atoms. The first-order valence-electron chi connectivity index (χ1n) is 17.9. The molecular formula is C40H52Cl2N2O9. The fourth-order valence-corrected chi connectivity index (χ4v) is 6.07. The van der Waals surface area contributed by atoms with Gasteiger partial charge in [-0.25, -0.2) is 4.79 Å². The maximum absolute atomic E-state index is 13.7. The standard InChI is InChI=1S/C40H52Cl2N2O9/c1-8-34(46)51-21-26-14-16-28(17-15-26)35(42)36(47)25(5)31-10-9-11-33(45)44-30(20-27-13-12-24(4)29(41)19-27)37(48)43-22-40(6,7)39(50)53-32(18-23(2)3)38(49)52-31/h9,11-17,19,23,25,30-32,35-36,47H,8,10,18,20-22H2,1-7H3,(H,43,48)(H,44,45)/b11-9+. The summed E-state index contributed by atoms with van der Waals surface area (Å²) in [6.07, 6.45) is -0.243. The van der Waals surface area contributed by atoms with E-state index in [0.29, 0.717) is 10.6 Å². The molecule has 1 heterocycles. The molecule has 2 amide bonds. The summed E-state index contributed by atoms with van der Waals surface area (Å²) in [5.41, 5.74) is 1.65. The number of ether oxygens (including phenoxy) is 3. The second-order valence-corrected chi connectivity index (χ2v) is 15.5. The molecule has 3 N–H and O–H groups in total. The Morgan fingerprint density at radius 3 is 2.32 bits per heavy atom. The molecule has 0 fully saturated rings. The monoisotopic (exact) mass is 774 g/mol. The SMILES string of the molecule is CCC(=O)OCc1ccc(C(Cl)C(O)C(C)C2C/C=C/C(=O)NC(Cc3ccc(C)c(Cl)c3)C(=O)NCC(C)(C)C(=O)OC(CC(C)C)C(=O)O2)cc1. The van der Waals surface area contributed by atoms with Crippen LogP contribution in [0.2, 0.25) is 5.02 Å². The summed E-state index contributed by atoms with van der Waals surface area (Å²) < 4.78 is 16.9. The summed E-state index contributed by atoms with van der Waals surface area (Å²) in [5.74, 6) is -3.79. The molecule has 290 valence electrons. The van der Waals surface area contributed by atoms with Gasteiger partial charge in [0.05, 0.1) is 16.9 Å². The van der Waals surface area contributed by atoms with Crippen LogP contribution in [0, 0.1) is 24.2 Å². The first-order valence-corrected chi connectivity index (χ1v) is 18.7. The number of carbonyl (C=O) groups excluding carboxylic acids is 5. The Labute approximate surface area is 322 Å². The van der Waals surface area contributed by atoms with Crippen molar-refractivity contribution in [2.45, 2.75) is 110 Å². The van der Waals surface area contributed by atoms with Crippen LogP contribution in [0.1, 0.15) is 88.4 Å². The predicted molar refractivity (Wildman–Crippen MR) is 202 cm³/mol. The minimum Gasteiger partial charge on any atom is -0.461 e. The van der Waals surface area contributed by atoms with Gasteiger partial charge in [-0.1, -0.05) is 81.8 Å². The zero-order valence-corrected chi connectivity index (χ0v) is 33.0. The Morgan fingerprint density at radius 1 is 1.04 bits per heavy atom. The molecule has 0 aromatic heterocycles. The highest BCUT2D eigenvalue weighted by Crippen LogP contribution is 2.32. The van der Waals surface area contributed by atoms with Crippen molar-refractivity contribution in [3.05, 3.63) is 81.9 Å². The molecule has 6 atom stereocenters. The zero-order valence-electron chi connectivity index (χ0n) is 31.4. The van der Waals surface area contributed by atoms with Crippen LogP contribution in [-0.4, -0.2) is 65.7 Å². The molecule has 0 saturated carbocycles. The maximum Gasteiger partial charge on any atom is 0.347 e. The average Bonchev–Trinajstić information content (AvgIpc) is 3.11.